The molecule has 0 atom stereocenters. The summed E-state index contributed by atoms with van der Waals surface area (Å²) >= 11 is 0. The van der Waals surface area contributed by atoms with Crippen molar-refractivity contribution in [3.05, 3.63) is 65.7 Å². The number of allylic oxidation sites excluding steroid dienone is 1. The summed E-state index contributed by atoms with van der Waals surface area (Å²) in [5.41, 5.74) is 2.07. The zero-order valence-electron chi connectivity index (χ0n) is 16.5. The fourth-order valence-corrected chi connectivity index (χ4v) is 6.21. The standard InChI is InChI=1S/C26H25NO2/c27-17-23(22-6-2-1-3-7-22)12-18-5-4-8-24(13-18)29-25(28)26-14-19-9-20(15-26)11-21(10-19)16-26/h1-8,12-13,19-21H,9-11,14-16H2/b23-12-. The Morgan fingerprint density at radius 3 is 2.24 bits per heavy atom. The normalized spacial score (nSPS) is 30.0. The molecule has 0 spiro atoms. The van der Waals surface area contributed by atoms with E-state index >= 15 is 0 Å². The van der Waals surface area contributed by atoms with Gasteiger partial charge in [-0.05, 0) is 85.6 Å². The van der Waals surface area contributed by atoms with Crippen LogP contribution in [-0.2, 0) is 4.79 Å². The summed E-state index contributed by atoms with van der Waals surface area (Å²) in [6.45, 7) is 0. The van der Waals surface area contributed by atoms with Gasteiger partial charge in [0, 0.05) is 0 Å². The molecule has 0 radical (unpaired) electrons. The van der Waals surface area contributed by atoms with Gasteiger partial charge in [-0.15, -0.1) is 0 Å². The maximum atomic E-state index is 13.2. The number of hydrogen-bond donors (Lipinski definition) is 0. The van der Waals surface area contributed by atoms with E-state index in [1.165, 1.54) is 19.3 Å². The van der Waals surface area contributed by atoms with Crippen molar-refractivity contribution in [2.24, 2.45) is 23.2 Å². The van der Waals surface area contributed by atoms with Crippen LogP contribution in [0.3, 0.4) is 0 Å². The summed E-state index contributed by atoms with van der Waals surface area (Å²) in [6, 6.07) is 19.4. The van der Waals surface area contributed by atoms with Gasteiger partial charge in [0.15, 0.2) is 0 Å². The van der Waals surface area contributed by atoms with E-state index in [1.54, 1.807) is 0 Å². The minimum Gasteiger partial charge on any atom is -0.426 e. The lowest BCUT2D eigenvalue weighted by Gasteiger charge is -2.55. The highest BCUT2D eigenvalue weighted by Gasteiger charge is 2.55. The molecule has 3 heteroatoms. The predicted molar refractivity (Wildman–Crippen MR) is 113 cm³/mol. The third-order valence-electron chi connectivity index (χ3n) is 7.06. The Hall–Kier alpha value is -2.86. The smallest absolute Gasteiger partial charge is 0.317 e. The number of nitrogens with zero attached hydrogens (tertiary/aromatic N) is 1. The number of benzene rings is 2. The maximum absolute atomic E-state index is 13.2. The van der Waals surface area contributed by atoms with Crippen molar-refractivity contribution in [3.8, 4) is 11.8 Å². The number of carbonyl (C=O) groups is 1. The molecule has 2 aromatic carbocycles. The summed E-state index contributed by atoms with van der Waals surface area (Å²) < 4.78 is 5.91. The third-order valence-corrected chi connectivity index (χ3v) is 7.06. The van der Waals surface area contributed by atoms with E-state index < -0.39 is 0 Å². The van der Waals surface area contributed by atoms with E-state index in [-0.39, 0.29) is 11.4 Å². The molecular formula is C26H25NO2. The Balaban J connectivity index is 1.36. The van der Waals surface area contributed by atoms with E-state index in [2.05, 4.69) is 6.07 Å². The third kappa shape index (κ3) is 3.49. The summed E-state index contributed by atoms with van der Waals surface area (Å²) in [5, 5.41) is 9.55. The molecule has 0 aliphatic heterocycles. The number of hydrogen-bond acceptors (Lipinski definition) is 3. The number of ether oxygens (including phenoxy) is 1. The molecule has 0 aromatic heterocycles. The first-order chi connectivity index (χ1) is 14.1. The van der Waals surface area contributed by atoms with E-state index in [0.29, 0.717) is 29.1 Å². The van der Waals surface area contributed by atoms with Crippen molar-refractivity contribution in [3.63, 3.8) is 0 Å². The van der Waals surface area contributed by atoms with E-state index in [4.69, 9.17) is 4.74 Å². The van der Waals surface area contributed by atoms with Gasteiger partial charge in [0.1, 0.15) is 5.75 Å². The molecule has 3 nitrogen and oxygen atoms in total. The van der Waals surface area contributed by atoms with Gasteiger partial charge in [-0.1, -0.05) is 42.5 Å². The lowest BCUT2D eigenvalue weighted by Crippen LogP contribution is -2.51. The van der Waals surface area contributed by atoms with Crippen molar-refractivity contribution in [2.45, 2.75) is 38.5 Å². The number of nitriles is 1. The molecule has 0 amide bonds. The Kier molecular flexibility index (Phi) is 4.51. The zero-order chi connectivity index (χ0) is 19.8. The summed E-state index contributed by atoms with van der Waals surface area (Å²) in [5.74, 6) is 2.68. The van der Waals surface area contributed by atoms with Gasteiger partial charge in [-0.25, -0.2) is 0 Å². The molecule has 146 valence electrons. The highest BCUT2D eigenvalue weighted by atomic mass is 16.5. The quantitative estimate of drug-likeness (QED) is 0.287. The van der Waals surface area contributed by atoms with Gasteiger partial charge in [0.25, 0.3) is 0 Å². The molecule has 4 aliphatic rings. The van der Waals surface area contributed by atoms with Crippen LogP contribution in [0.4, 0.5) is 0 Å². The lowest BCUT2D eigenvalue weighted by molar-refractivity contribution is -0.161. The SMILES string of the molecule is N#C/C(=C/c1cccc(OC(=O)C23CC4CC(CC(C4)C2)C3)c1)c1ccccc1. The number of esters is 1. The summed E-state index contributed by atoms with van der Waals surface area (Å²) in [4.78, 5) is 13.2. The fraction of sp³-hybridized carbons (Fsp3) is 0.385. The largest absolute Gasteiger partial charge is 0.426 e. The molecular weight excluding hydrogens is 358 g/mol. The molecule has 0 saturated heterocycles. The van der Waals surface area contributed by atoms with Gasteiger partial charge in [-0.2, -0.15) is 5.26 Å². The minimum atomic E-state index is -0.261. The maximum Gasteiger partial charge on any atom is 0.317 e. The van der Waals surface area contributed by atoms with E-state index in [9.17, 15) is 10.1 Å². The van der Waals surface area contributed by atoms with Crippen molar-refractivity contribution >= 4 is 17.6 Å². The monoisotopic (exact) mass is 383 g/mol. The van der Waals surface area contributed by atoms with E-state index in [0.717, 1.165) is 30.4 Å². The van der Waals surface area contributed by atoms with Crippen LogP contribution in [0.1, 0.15) is 49.7 Å². The van der Waals surface area contributed by atoms with Gasteiger partial charge < -0.3 is 4.74 Å². The average molecular weight is 383 g/mol. The van der Waals surface area contributed by atoms with Crippen LogP contribution in [0.5, 0.6) is 5.75 Å². The number of carbonyl (C=O) groups excluding carboxylic acids is 1. The van der Waals surface area contributed by atoms with Crippen molar-refractivity contribution < 1.29 is 9.53 Å². The van der Waals surface area contributed by atoms with Crippen molar-refractivity contribution in [1.82, 2.24) is 0 Å². The molecule has 4 aliphatic carbocycles. The lowest BCUT2D eigenvalue weighted by atomic mass is 9.49. The molecule has 0 unspecified atom stereocenters. The van der Waals surface area contributed by atoms with Crippen molar-refractivity contribution in [2.75, 3.05) is 0 Å². The molecule has 2 aromatic rings. The van der Waals surface area contributed by atoms with E-state index in [1.807, 2.05) is 60.7 Å². The van der Waals surface area contributed by atoms with Crippen LogP contribution in [0, 0.1) is 34.5 Å². The average Bonchev–Trinajstić information content (AvgIpc) is 2.72. The van der Waals surface area contributed by atoms with Crippen LogP contribution >= 0.6 is 0 Å². The Bertz CT molecular complexity index is 964. The topological polar surface area (TPSA) is 50.1 Å². The van der Waals surface area contributed by atoms with Crippen LogP contribution in [0.2, 0.25) is 0 Å². The van der Waals surface area contributed by atoms with Gasteiger partial charge in [0.05, 0.1) is 17.1 Å². The van der Waals surface area contributed by atoms with Crippen LogP contribution in [0.15, 0.2) is 54.6 Å². The van der Waals surface area contributed by atoms with Crippen LogP contribution in [0.25, 0.3) is 11.6 Å². The zero-order valence-corrected chi connectivity index (χ0v) is 16.5. The molecule has 6 rings (SSSR count). The second kappa shape index (κ2) is 7.19. The minimum absolute atomic E-state index is 0.0405. The first kappa shape index (κ1) is 18.2. The molecule has 4 saturated carbocycles. The number of rotatable bonds is 4. The molecule has 4 bridgehead atoms. The molecule has 29 heavy (non-hydrogen) atoms. The highest BCUT2D eigenvalue weighted by molar-refractivity contribution is 5.89. The predicted octanol–water partition coefficient (Wildman–Crippen LogP) is 5.87. The highest BCUT2D eigenvalue weighted by Crippen LogP contribution is 2.60. The molecule has 0 N–H and O–H groups in total. The Morgan fingerprint density at radius 1 is 0.966 bits per heavy atom. The summed E-state index contributed by atoms with van der Waals surface area (Å²) in [6.07, 6.45) is 8.78. The van der Waals surface area contributed by atoms with Gasteiger partial charge in [0.2, 0.25) is 0 Å². The Labute approximate surface area is 172 Å². The first-order valence-electron chi connectivity index (χ1n) is 10.6. The van der Waals surface area contributed by atoms with Gasteiger partial charge >= 0.3 is 5.97 Å². The first-order valence-corrected chi connectivity index (χ1v) is 10.6. The van der Waals surface area contributed by atoms with Crippen molar-refractivity contribution in [1.29, 1.82) is 5.26 Å². The second-order valence-electron chi connectivity index (χ2n) is 9.20. The van der Waals surface area contributed by atoms with Crippen LogP contribution in [-0.4, -0.2) is 5.97 Å². The fourth-order valence-electron chi connectivity index (χ4n) is 6.21. The van der Waals surface area contributed by atoms with Gasteiger partial charge in [-0.3, -0.25) is 4.79 Å². The Morgan fingerprint density at radius 2 is 1.62 bits per heavy atom. The summed E-state index contributed by atoms with van der Waals surface area (Å²) in [7, 11) is 0. The molecule has 4 fully saturated rings. The second-order valence-corrected chi connectivity index (χ2v) is 9.20. The molecule has 0 heterocycles. The van der Waals surface area contributed by atoms with Crippen LogP contribution < -0.4 is 4.74 Å².